The molecule has 0 atom stereocenters. The number of hydrogen-bond acceptors (Lipinski definition) is 4. The second kappa shape index (κ2) is 4.36. The van der Waals surface area contributed by atoms with Gasteiger partial charge in [-0.05, 0) is 36.4 Å². The van der Waals surface area contributed by atoms with Crippen molar-refractivity contribution in [3.05, 3.63) is 43.5 Å². The van der Waals surface area contributed by atoms with Gasteiger partial charge >= 0.3 is 0 Å². The maximum atomic E-state index is 11.9. The van der Waals surface area contributed by atoms with Gasteiger partial charge in [-0.2, -0.15) is 0 Å². The van der Waals surface area contributed by atoms with Gasteiger partial charge in [0, 0.05) is 12.3 Å². The third kappa shape index (κ3) is 2.16. The smallest absolute Gasteiger partial charge is 0.267 e. The molecule has 0 saturated carbocycles. The first-order valence-corrected chi connectivity index (χ1v) is 5.80. The summed E-state index contributed by atoms with van der Waals surface area (Å²) in [7, 11) is 0. The van der Waals surface area contributed by atoms with E-state index in [9.17, 15) is 4.79 Å². The molecule has 16 heavy (non-hydrogen) atoms. The van der Waals surface area contributed by atoms with Gasteiger partial charge in [-0.3, -0.25) is 9.36 Å². The van der Waals surface area contributed by atoms with E-state index < -0.39 is 0 Å². The number of aryl methyl sites for hydroxylation is 2. The summed E-state index contributed by atoms with van der Waals surface area (Å²) in [5, 5.41) is 3.78. The van der Waals surface area contributed by atoms with Crippen LogP contribution in [0, 0.1) is 17.4 Å². The van der Waals surface area contributed by atoms with Gasteiger partial charge in [0.25, 0.3) is 5.56 Å². The molecule has 0 radical (unpaired) electrons. The minimum Gasteiger partial charge on any atom is -0.359 e. The maximum absolute atomic E-state index is 11.9. The van der Waals surface area contributed by atoms with Gasteiger partial charge in [0.15, 0.2) is 5.76 Å². The zero-order valence-electron chi connectivity index (χ0n) is 8.90. The molecule has 0 aliphatic heterocycles. The molecular weight excluding hydrogens is 321 g/mol. The van der Waals surface area contributed by atoms with Crippen LogP contribution in [0.1, 0.15) is 17.3 Å². The van der Waals surface area contributed by atoms with E-state index >= 15 is 0 Å². The van der Waals surface area contributed by atoms with Crippen molar-refractivity contribution >= 4 is 22.6 Å². The van der Waals surface area contributed by atoms with E-state index in [0.717, 1.165) is 5.69 Å². The van der Waals surface area contributed by atoms with E-state index in [1.54, 1.807) is 17.7 Å². The van der Waals surface area contributed by atoms with E-state index in [2.05, 4.69) is 10.1 Å². The highest BCUT2D eigenvalue weighted by molar-refractivity contribution is 14.1. The minimum atomic E-state index is -0.0536. The highest BCUT2D eigenvalue weighted by Crippen LogP contribution is 2.05. The molecule has 2 rings (SSSR count). The van der Waals surface area contributed by atoms with Crippen LogP contribution in [0.15, 0.2) is 21.6 Å². The molecule has 0 saturated heterocycles. The molecule has 0 aliphatic rings. The molecule has 6 heteroatoms. The van der Waals surface area contributed by atoms with Crippen molar-refractivity contribution in [1.29, 1.82) is 0 Å². The normalized spacial score (nSPS) is 10.7. The van der Waals surface area contributed by atoms with Crippen molar-refractivity contribution in [3.63, 3.8) is 0 Å². The van der Waals surface area contributed by atoms with E-state index in [1.165, 1.54) is 0 Å². The Hall–Kier alpha value is -1.18. The van der Waals surface area contributed by atoms with Gasteiger partial charge in [0.1, 0.15) is 5.82 Å². The summed E-state index contributed by atoms with van der Waals surface area (Å²) in [5.74, 6) is 1.32. The fraction of sp³-hybridized carbons (Fsp3) is 0.300. The maximum Gasteiger partial charge on any atom is 0.267 e. The standard InChI is InChI=1S/C10H10IN3O2/c1-6-3-8(16-13-6)5-14-7(2)12-4-9(11)10(14)15/h3-4H,5H2,1-2H3. The molecule has 0 amide bonds. The lowest BCUT2D eigenvalue weighted by molar-refractivity contribution is 0.369. The highest BCUT2D eigenvalue weighted by atomic mass is 127. The summed E-state index contributed by atoms with van der Waals surface area (Å²) >= 11 is 1.97. The van der Waals surface area contributed by atoms with Crippen molar-refractivity contribution in [2.24, 2.45) is 0 Å². The Morgan fingerprint density at radius 2 is 2.25 bits per heavy atom. The SMILES string of the molecule is Cc1cc(Cn2c(C)ncc(I)c2=O)on1. The number of halogens is 1. The molecular formula is C10H10IN3O2. The third-order valence-corrected chi connectivity index (χ3v) is 2.94. The minimum absolute atomic E-state index is 0.0536. The van der Waals surface area contributed by atoms with Gasteiger partial charge in [-0.1, -0.05) is 5.16 Å². The second-order valence-corrected chi connectivity index (χ2v) is 4.64. The molecule has 0 bridgehead atoms. The van der Waals surface area contributed by atoms with Crippen molar-refractivity contribution in [3.8, 4) is 0 Å². The Morgan fingerprint density at radius 3 is 2.88 bits per heavy atom. The summed E-state index contributed by atoms with van der Waals surface area (Å²) in [6.07, 6.45) is 1.57. The van der Waals surface area contributed by atoms with Crippen LogP contribution in [-0.4, -0.2) is 14.7 Å². The Labute approximate surface area is 106 Å². The number of aromatic nitrogens is 3. The fourth-order valence-corrected chi connectivity index (χ4v) is 1.81. The molecule has 0 aromatic carbocycles. The van der Waals surface area contributed by atoms with Crippen LogP contribution in [0.3, 0.4) is 0 Å². The van der Waals surface area contributed by atoms with Crippen LogP contribution in [0.4, 0.5) is 0 Å². The second-order valence-electron chi connectivity index (χ2n) is 3.48. The van der Waals surface area contributed by atoms with Gasteiger partial charge in [-0.15, -0.1) is 0 Å². The van der Waals surface area contributed by atoms with E-state index in [0.29, 0.717) is 21.7 Å². The van der Waals surface area contributed by atoms with Gasteiger partial charge < -0.3 is 4.52 Å². The van der Waals surface area contributed by atoms with Crippen LogP contribution in [-0.2, 0) is 6.54 Å². The summed E-state index contributed by atoms with van der Waals surface area (Å²) in [6, 6.07) is 1.81. The molecule has 0 fully saturated rings. The van der Waals surface area contributed by atoms with Crippen LogP contribution in [0.2, 0.25) is 0 Å². The topological polar surface area (TPSA) is 60.9 Å². The Kier molecular flexibility index (Phi) is 3.08. The Bertz CT molecular complexity index is 574. The lowest BCUT2D eigenvalue weighted by atomic mass is 10.3. The van der Waals surface area contributed by atoms with Crippen molar-refractivity contribution < 1.29 is 4.52 Å². The summed E-state index contributed by atoms with van der Waals surface area (Å²) < 4.78 is 7.25. The lowest BCUT2D eigenvalue weighted by Crippen LogP contribution is -2.25. The predicted molar refractivity (Wildman–Crippen MR) is 66.3 cm³/mol. The Morgan fingerprint density at radius 1 is 1.50 bits per heavy atom. The summed E-state index contributed by atoms with van der Waals surface area (Å²) in [4.78, 5) is 16.0. The van der Waals surface area contributed by atoms with Gasteiger partial charge in [-0.25, -0.2) is 4.98 Å². The molecule has 0 unspecified atom stereocenters. The first-order valence-electron chi connectivity index (χ1n) is 4.72. The zero-order valence-corrected chi connectivity index (χ0v) is 11.1. The molecule has 2 aromatic heterocycles. The fourth-order valence-electron chi connectivity index (χ4n) is 1.38. The van der Waals surface area contributed by atoms with Crippen molar-refractivity contribution in [2.45, 2.75) is 20.4 Å². The van der Waals surface area contributed by atoms with Crippen molar-refractivity contribution in [2.75, 3.05) is 0 Å². The molecule has 2 heterocycles. The molecule has 2 aromatic rings. The number of hydrogen-bond donors (Lipinski definition) is 0. The first kappa shape index (κ1) is 11.3. The Balaban J connectivity index is 2.42. The largest absolute Gasteiger partial charge is 0.359 e. The molecule has 5 nitrogen and oxygen atoms in total. The number of nitrogens with zero attached hydrogens (tertiary/aromatic N) is 3. The van der Waals surface area contributed by atoms with Crippen LogP contribution < -0.4 is 5.56 Å². The van der Waals surface area contributed by atoms with Crippen LogP contribution >= 0.6 is 22.6 Å². The molecule has 0 aliphatic carbocycles. The summed E-state index contributed by atoms with van der Waals surface area (Å²) in [5.41, 5.74) is 0.751. The van der Waals surface area contributed by atoms with Crippen molar-refractivity contribution in [1.82, 2.24) is 14.7 Å². The number of rotatable bonds is 2. The highest BCUT2D eigenvalue weighted by Gasteiger charge is 2.08. The molecule has 0 spiro atoms. The van der Waals surface area contributed by atoms with E-state index in [-0.39, 0.29) is 5.56 Å². The van der Waals surface area contributed by atoms with Gasteiger partial charge in [0.2, 0.25) is 0 Å². The zero-order chi connectivity index (χ0) is 11.7. The first-order chi connectivity index (χ1) is 7.58. The predicted octanol–water partition coefficient (Wildman–Crippen LogP) is 1.50. The molecule has 84 valence electrons. The monoisotopic (exact) mass is 331 g/mol. The molecule has 0 N–H and O–H groups in total. The summed E-state index contributed by atoms with van der Waals surface area (Å²) in [6.45, 7) is 4.01. The van der Waals surface area contributed by atoms with Crippen LogP contribution in [0.5, 0.6) is 0 Å². The van der Waals surface area contributed by atoms with E-state index in [4.69, 9.17) is 4.52 Å². The quantitative estimate of drug-likeness (QED) is 0.783. The van der Waals surface area contributed by atoms with E-state index in [1.807, 2.05) is 35.6 Å². The van der Waals surface area contributed by atoms with Crippen LogP contribution in [0.25, 0.3) is 0 Å². The third-order valence-electron chi connectivity index (χ3n) is 2.20. The average molecular weight is 331 g/mol. The lowest BCUT2D eigenvalue weighted by Gasteiger charge is -2.06. The average Bonchev–Trinajstić information content (AvgIpc) is 2.65. The van der Waals surface area contributed by atoms with Gasteiger partial charge in [0.05, 0.1) is 15.8 Å².